The molecule has 3 rings (SSSR count). The van der Waals surface area contributed by atoms with Crippen molar-refractivity contribution in [1.82, 2.24) is 9.55 Å². The molecule has 0 aliphatic carbocycles. The number of aromatic nitrogens is 2. The topological polar surface area (TPSA) is 52.0 Å². The van der Waals surface area contributed by atoms with Crippen LogP contribution in [0, 0.1) is 0 Å². The van der Waals surface area contributed by atoms with E-state index in [9.17, 15) is 21.6 Å². The third-order valence-electron chi connectivity index (χ3n) is 3.32. The number of sulfone groups is 1. The van der Waals surface area contributed by atoms with Crippen molar-refractivity contribution in [2.45, 2.75) is 11.1 Å². The van der Waals surface area contributed by atoms with Crippen molar-refractivity contribution in [3.8, 4) is 17.1 Å². The summed E-state index contributed by atoms with van der Waals surface area (Å²) in [5, 5.41) is 3.44. The van der Waals surface area contributed by atoms with Gasteiger partial charge in [-0.3, -0.25) is 4.57 Å². The lowest BCUT2D eigenvalue weighted by molar-refractivity contribution is -0.140. The van der Waals surface area contributed by atoms with Crippen LogP contribution in [0.5, 0.6) is 0 Å². The van der Waals surface area contributed by atoms with E-state index in [0.29, 0.717) is 11.3 Å². The Morgan fingerprint density at radius 2 is 1.79 bits per heavy atom. The van der Waals surface area contributed by atoms with Gasteiger partial charge in [-0.2, -0.15) is 24.5 Å². The summed E-state index contributed by atoms with van der Waals surface area (Å²) in [5.41, 5.74) is -0.0508. The molecule has 4 nitrogen and oxygen atoms in total. The van der Waals surface area contributed by atoms with E-state index in [1.54, 1.807) is 16.8 Å². The van der Waals surface area contributed by atoms with Gasteiger partial charge in [-0.1, -0.05) is 0 Å². The Morgan fingerprint density at radius 3 is 2.29 bits per heavy atom. The highest BCUT2D eigenvalue weighted by Gasteiger charge is 2.35. The molecule has 0 N–H and O–H groups in total. The highest BCUT2D eigenvalue weighted by molar-refractivity contribution is 7.90. The molecule has 0 saturated carbocycles. The number of nitrogens with zero attached hydrogens (tertiary/aromatic N) is 2. The Labute approximate surface area is 140 Å². The zero-order valence-electron chi connectivity index (χ0n) is 12.3. The van der Waals surface area contributed by atoms with E-state index in [1.807, 2.05) is 0 Å². The third-order valence-corrected chi connectivity index (χ3v) is 5.13. The fourth-order valence-corrected chi connectivity index (χ4v) is 3.43. The van der Waals surface area contributed by atoms with Gasteiger partial charge < -0.3 is 0 Å². The first kappa shape index (κ1) is 16.7. The van der Waals surface area contributed by atoms with E-state index in [2.05, 4.69) is 4.98 Å². The van der Waals surface area contributed by atoms with Crippen LogP contribution >= 0.6 is 11.3 Å². The smallest absolute Gasteiger partial charge is 0.299 e. The van der Waals surface area contributed by atoms with Crippen molar-refractivity contribution < 1.29 is 21.6 Å². The number of rotatable bonds is 3. The lowest BCUT2D eigenvalue weighted by atomic mass is 10.3. The predicted octanol–water partition coefficient (Wildman–Crippen LogP) is 4.02. The summed E-state index contributed by atoms with van der Waals surface area (Å²) in [4.78, 5) is 3.79. The Morgan fingerprint density at radius 1 is 1.12 bits per heavy atom. The Hall–Kier alpha value is -2.13. The predicted molar refractivity (Wildman–Crippen MR) is 85.0 cm³/mol. The second-order valence-corrected chi connectivity index (χ2v) is 7.89. The number of imidazole rings is 1. The molecule has 3 aromatic rings. The summed E-state index contributed by atoms with van der Waals surface area (Å²) in [6, 6.07) is 7.29. The summed E-state index contributed by atoms with van der Waals surface area (Å²) in [6.07, 6.45) is -2.59. The molecular formula is C15H11F3N2O2S2. The lowest BCUT2D eigenvalue weighted by Gasteiger charge is -2.07. The van der Waals surface area contributed by atoms with E-state index >= 15 is 0 Å². The van der Waals surface area contributed by atoms with Crippen LogP contribution in [0.25, 0.3) is 17.1 Å². The van der Waals surface area contributed by atoms with Crippen LogP contribution in [0.2, 0.25) is 0 Å². The van der Waals surface area contributed by atoms with Crippen molar-refractivity contribution in [3.05, 3.63) is 53.0 Å². The maximum atomic E-state index is 13.0. The molecule has 9 heteroatoms. The van der Waals surface area contributed by atoms with Crippen LogP contribution in [0.3, 0.4) is 0 Å². The summed E-state index contributed by atoms with van der Waals surface area (Å²) >= 11 is 1.35. The molecule has 0 amide bonds. The zero-order chi connectivity index (χ0) is 17.5. The van der Waals surface area contributed by atoms with Crippen molar-refractivity contribution in [1.29, 1.82) is 0 Å². The molecule has 0 aliphatic heterocycles. The van der Waals surface area contributed by atoms with Gasteiger partial charge in [-0.05, 0) is 35.7 Å². The molecule has 126 valence electrons. The minimum absolute atomic E-state index is 0.0968. The standard InChI is InChI=1S/C15H11F3N2O2S2/c1-24(21,22)12-4-2-11(3-5-12)20-8-13(15(16,17)18)19-14(20)10-6-7-23-9-10/h2-9H,1H3. The number of alkyl halides is 3. The van der Waals surface area contributed by atoms with E-state index in [0.717, 1.165) is 12.5 Å². The molecule has 1 aromatic carbocycles. The maximum absolute atomic E-state index is 13.0. The Kier molecular flexibility index (Phi) is 4.00. The highest BCUT2D eigenvalue weighted by Crippen LogP contribution is 2.33. The largest absolute Gasteiger partial charge is 0.434 e. The van der Waals surface area contributed by atoms with Crippen molar-refractivity contribution in [2.75, 3.05) is 6.26 Å². The van der Waals surface area contributed by atoms with Crippen LogP contribution in [-0.4, -0.2) is 24.2 Å². The Bertz CT molecular complexity index is 957. The molecule has 0 spiro atoms. The maximum Gasteiger partial charge on any atom is 0.434 e. The summed E-state index contributed by atoms with van der Waals surface area (Å²) < 4.78 is 63.3. The third kappa shape index (κ3) is 3.22. The molecule has 0 bridgehead atoms. The van der Waals surface area contributed by atoms with Gasteiger partial charge >= 0.3 is 6.18 Å². The minimum atomic E-state index is -4.57. The van der Waals surface area contributed by atoms with Crippen LogP contribution in [-0.2, 0) is 16.0 Å². The molecule has 0 aliphatic rings. The van der Waals surface area contributed by atoms with Gasteiger partial charge in [-0.15, -0.1) is 0 Å². The first-order valence-electron chi connectivity index (χ1n) is 6.66. The molecule has 0 radical (unpaired) electrons. The molecule has 0 unspecified atom stereocenters. The fraction of sp³-hybridized carbons (Fsp3) is 0.133. The fourth-order valence-electron chi connectivity index (χ4n) is 2.16. The van der Waals surface area contributed by atoms with Gasteiger partial charge in [0.25, 0.3) is 0 Å². The van der Waals surface area contributed by atoms with Crippen molar-refractivity contribution >= 4 is 21.2 Å². The minimum Gasteiger partial charge on any atom is -0.299 e. The van der Waals surface area contributed by atoms with Gasteiger partial charge in [0.05, 0.1) is 4.90 Å². The number of hydrogen-bond acceptors (Lipinski definition) is 4. The van der Waals surface area contributed by atoms with E-state index in [-0.39, 0.29) is 10.7 Å². The summed E-state index contributed by atoms with van der Waals surface area (Å²) in [6.45, 7) is 0. The lowest BCUT2D eigenvalue weighted by Crippen LogP contribution is -2.05. The van der Waals surface area contributed by atoms with Gasteiger partial charge in [0.1, 0.15) is 5.82 Å². The molecule has 2 heterocycles. The monoisotopic (exact) mass is 372 g/mol. The number of benzene rings is 1. The average Bonchev–Trinajstić information content (AvgIpc) is 3.15. The van der Waals surface area contributed by atoms with Gasteiger partial charge in [-0.25, -0.2) is 13.4 Å². The molecule has 24 heavy (non-hydrogen) atoms. The summed E-state index contributed by atoms with van der Waals surface area (Å²) in [7, 11) is -3.38. The van der Waals surface area contributed by atoms with Crippen LogP contribution in [0.4, 0.5) is 13.2 Å². The number of thiophene rings is 1. The van der Waals surface area contributed by atoms with E-state index in [4.69, 9.17) is 0 Å². The van der Waals surface area contributed by atoms with Crippen LogP contribution in [0.15, 0.2) is 52.2 Å². The average molecular weight is 372 g/mol. The molecule has 0 atom stereocenters. The molecular weight excluding hydrogens is 361 g/mol. The second kappa shape index (κ2) is 5.75. The molecule has 0 saturated heterocycles. The second-order valence-electron chi connectivity index (χ2n) is 5.10. The van der Waals surface area contributed by atoms with Crippen LogP contribution < -0.4 is 0 Å². The highest BCUT2D eigenvalue weighted by atomic mass is 32.2. The zero-order valence-corrected chi connectivity index (χ0v) is 13.9. The van der Waals surface area contributed by atoms with E-state index < -0.39 is 21.7 Å². The first-order chi connectivity index (χ1) is 11.2. The van der Waals surface area contributed by atoms with Gasteiger partial charge in [0.2, 0.25) is 0 Å². The number of hydrogen-bond donors (Lipinski definition) is 0. The number of halogens is 3. The van der Waals surface area contributed by atoms with Crippen molar-refractivity contribution in [3.63, 3.8) is 0 Å². The van der Waals surface area contributed by atoms with Crippen molar-refractivity contribution in [2.24, 2.45) is 0 Å². The van der Waals surface area contributed by atoms with Gasteiger partial charge in [0, 0.05) is 29.1 Å². The van der Waals surface area contributed by atoms with Gasteiger partial charge in [0.15, 0.2) is 15.5 Å². The van der Waals surface area contributed by atoms with E-state index in [1.165, 1.54) is 40.2 Å². The normalized spacial score (nSPS) is 12.5. The Balaban J connectivity index is 2.14. The quantitative estimate of drug-likeness (QED) is 0.698. The first-order valence-corrected chi connectivity index (χ1v) is 9.49. The molecule has 2 aromatic heterocycles. The summed E-state index contributed by atoms with van der Waals surface area (Å²) in [5.74, 6) is 0.149. The SMILES string of the molecule is CS(=O)(=O)c1ccc(-n2cc(C(F)(F)F)nc2-c2ccsc2)cc1. The molecule has 0 fully saturated rings. The van der Waals surface area contributed by atoms with Crippen LogP contribution in [0.1, 0.15) is 5.69 Å².